The van der Waals surface area contributed by atoms with Gasteiger partial charge in [-0.05, 0) is 32.0 Å². The Labute approximate surface area is 121 Å². The molecule has 2 heterocycles. The fraction of sp³-hybridized carbons (Fsp3) is 0.267. The number of aromatic nitrogens is 2. The van der Waals surface area contributed by atoms with Gasteiger partial charge in [0.05, 0.1) is 25.6 Å². The first-order chi connectivity index (χ1) is 9.65. The Morgan fingerprint density at radius 1 is 1.10 bits per heavy atom. The van der Waals surface area contributed by atoms with Gasteiger partial charge in [-0.3, -0.25) is 4.40 Å². The Balaban J connectivity index is 2.25. The molecule has 0 fully saturated rings. The van der Waals surface area contributed by atoms with Crippen molar-refractivity contribution < 1.29 is 9.47 Å². The smallest absolute Gasteiger partial charge is 0.194 e. The van der Waals surface area contributed by atoms with Gasteiger partial charge in [0.2, 0.25) is 0 Å². The third-order valence-corrected chi connectivity index (χ3v) is 4.31. The highest BCUT2D eigenvalue weighted by molar-refractivity contribution is 7.15. The van der Waals surface area contributed by atoms with E-state index >= 15 is 0 Å². The summed E-state index contributed by atoms with van der Waals surface area (Å²) in [7, 11) is 3.29. The summed E-state index contributed by atoms with van der Waals surface area (Å²) in [5.41, 5.74) is 4.40. The quantitative estimate of drug-likeness (QED) is 0.737. The fourth-order valence-electron chi connectivity index (χ4n) is 2.42. The number of aryl methyl sites for hydroxylation is 2. The zero-order chi connectivity index (χ0) is 14.3. The van der Waals surface area contributed by atoms with Crippen LogP contribution in [-0.4, -0.2) is 23.6 Å². The predicted octanol–water partition coefficient (Wildman–Crippen LogP) is 3.70. The molecule has 0 atom stereocenters. The standard InChI is InChI=1S/C15H16N2O2S/c1-9-8-20-15-16-10(2)14(17(9)15)11-5-6-12(18-3)13(7-11)19-4/h5-8H,1-4H3. The van der Waals surface area contributed by atoms with E-state index in [2.05, 4.69) is 21.7 Å². The molecule has 0 saturated carbocycles. The minimum Gasteiger partial charge on any atom is -0.493 e. The van der Waals surface area contributed by atoms with Gasteiger partial charge in [-0.15, -0.1) is 11.3 Å². The Morgan fingerprint density at radius 3 is 2.55 bits per heavy atom. The number of rotatable bonds is 3. The molecule has 20 heavy (non-hydrogen) atoms. The zero-order valence-electron chi connectivity index (χ0n) is 11.9. The summed E-state index contributed by atoms with van der Waals surface area (Å²) in [6.45, 7) is 4.13. The molecule has 0 N–H and O–H groups in total. The second-order valence-corrected chi connectivity index (χ2v) is 5.45. The van der Waals surface area contributed by atoms with Crippen molar-refractivity contribution in [2.75, 3.05) is 14.2 Å². The first-order valence-electron chi connectivity index (χ1n) is 6.31. The van der Waals surface area contributed by atoms with E-state index < -0.39 is 0 Å². The molecule has 5 heteroatoms. The largest absolute Gasteiger partial charge is 0.493 e. The SMILES string of the molecule is COc1ccc(-c2c(C)nc3scc(C)n23)cc1OC. The monoisotopic (exact) mass is 288 g/mol. The van der Waals surface area contributed by atoms with E-state index in [4.69, 9.17) is 9.47 Å². The van der Waals surface area contributed by atoms with Crippen molar-refractivity contribution in [3.8, 4) is 22.8 Å². The molecule has 0 bridgehead atoms. The Morgan fingerprint density at radius 2 is 1.85 bits per heavy atom. The van der Waals surface area contributed by atoms with Crippen LogP contribution in [0.25, 0.3) is 16.2 Å². The van der Waals surface area contributed by atoms with E-state index in [0.717, 1.165) is 33.4 Å². The molecular formula is C15H16N2O2S. The molecule has 0 aliphatic rings. The van der Waals surface area contributed by atoms with Crippen LogP contribution in [-0.2, 0) is 0 Å². The van der Waals surface area contributed by atoms with Gasteiger partial charge in [0.15, 0.2) is 16.5 Å². The molecule has 0 radical (unpaired) electrons. The minimum atomic E-state index is 0.729. The van der Waals surface area contributed by atoms with Gasteiger partial charge in [0.1, 0.15) is 0 Å². The lowest BCUT2D eigenvalue weighted by atomic mass is 10.1. The van der Waals surface area contributed by atoms with Gasteiger partial charge in [-0.25, -0.2) is 4.98 Å². The first kappa shape index (κ1) is 13.0. The van der Waals surface area contributed by atoms with Crippen molar-refractivity contribution in [2.24, 2.45) is 0 Å². The lowest BCUT2D eigenvalue weighted by Gasteiger charge is -2.10. The second kappa shape index (κ2) is 4.83. The van der Waals surface area contributed by atoms with Crippen LogP contribution in [0, 0.1) is 13.8 Å². The molecule has 0 aliphatic heterocycles. The number of thiazole rings is 1. The number of fused-ring (bicyclic) bond motifs is 1. The Bertz CT molecular complexity index is 774. The van der Waals surface area contributed by atoms with E-state index in [9.17, 15) is 0 Å². The highest BCUT2D eigenvalue weighted by Gasteiger charge is 2.15. The second-order valence-electron chi connectivity index (χ2n) is 4.61. The van der Waals surface area contributed by atoms with Crippen molar-refractivity contribution in [1.29, 1.82) is 0 Å². The van der Waals surface area contributed by atoms with Crippen LogP contribution < -0.4 is 9.47 Å². The van der Waals surface area contributed by atoms with Gasteiger partial charge in [-0.2, -0.15) is 0 Å². The normalized spacial score (nSPS) is 11.0. The molecule has 104 valence electrons. The number of imidazole rings is 1. The van der Waals surface area contributed by atoms with Crippen molar-refractivity contribution >= 4 is 16.3 Å². The molecule has 0 saturated heterocycles. The summed E-state index contributed by atoms with van der Waals surface area (Å²) < 4.78 is 12.9. The topological polar surface area (TPSA) is 35.8 Å². The third kappa shape index (κ3) is 1.86. The summed E-state index contributed by atoms with van der Waals surface area (Å²) in [5, 5.41) is 2.12. The summed E-state index contributed by atoms with van der Waals surface area (Å²) in [4.78, 5) is 5.64. The average molecular weight is 288 g/mol. The number of benzene rings is 1. The minimum absolute atomic E-state index is 0.729. The highest BCUT2D eigenvalue weighted by atomic mass is 32.1. The maximum atomic E-state index is 5.39. The van der Waals surface area contributed by atoms with Crippen molar-refractivity contribution in [1.82, 2.24) is 9.38 Å². The molecule has 4 nitrogen and oxygen atoms in total. The maximum absolute atomic E-state index is 5.39. The Kier molecular flexibility index (Phi) is 3.14. The predicted molar refractivity (Wildman–Crippen MR) is 81.1 cm³/mol. The highest BCUT2D eigenvalue weighted by Crippen LogP contribution is 2.35. The Hall–Kier alpha value is -2.01. The molecule has 1 aromatic carbocycles. The van der Waals surface area contributed by atoms with Crippen molar-refractivity contribution in [3.05, 3.63) is 35.0 Å². The lowest BCUT2D eigenvalue weighted by molar-refractivity contribution is 0.355. The van der Waals surface area contributed by atoms with E-state index in [1.165, 1.54) is 5.69 Å². The van der Waals surface area contributed by atoms with Crippen molar-refractivity contribution in [3.63, 3.8) is 0 Å². The fourth-order valence-corrected chi connectivity index (χ4v) is 3.33. The number of hydrogen-bond donors (Lipinski definition) is 0. The number of nitrogens with zero attached hydrogens (tertiary/aromatic N) is 2. The summed E-state index contributed by atoms with van der Waals surface area (Å²) in [5.74, 6) is 1.46. The molecule has 0 spiro atoms. The van der Waals surface area contributed by atoms with E-state index in [1.54, 1.807) is 25.6 Å². The van der Waals surface area contributed by atoms with E-state index in [0.29, 0.717) is 0 Å². The van der Waals surface area contributed by atoms with E-state index in [-0.39, 0.29) is 0 Å². The third-order valence-electron chi connectivity index (χ3n) is 3.37. The average Bonchev–Trinajstić information content (AvgIpc) is 2.97. The molecular weight excluding hydrogens is 272 g/mol. The lowest BCUT2D eigenvalue weighted by Crippen LogP contribution is -1.94. The van der Waals surface area contributed by atoms with E-state index in [1.807, 2.05) is 25.1 Å². The summed E-state index contributed by atoms with van der Waals surface area (Å²) in [6, 6.07) is 5.95. The van der Waals surface area contributed by atoms with Crippen LogP contribution in [0.3, 0.4) is 0 Å². The maximum Gasteiger partial charge on any atom is 0.194 e. The first-order valence-corrected chi connectivity index (χ1v) is 7.19. The van der Waals surface area contributed by atoms with Gasteiger partial charge in [0.25, 0.3) is 0 Å². The van der Waals surface area contributed by atoms with Gasteiger partial charge in [0, 0.05) is 16.6 Å². The molecule has 3 rings (SSSR count). The molecule has 2 aromatic heterocycles. The van der Waals surface area contributed by atoms with Crippen LogP contribution in [0.5, 0.6) is 11.5 Å². The number of ether oxygens (including phenoxy) is 2. The van der Waals surface area contributed by atoms with Crippen LogP contribution >= 0.6 is 11.3 Å². The van der Waals surface area contributed by atoms with Crippen LogP contribution in [0.15, 0.2) is 23.6 Å². The zero-order valence-corrected chi connectivity index (χ0v) is 12.7. The molecule has 0 unspecified atom stereocenters. The number of methoxy groups -OCH3 is 2. The number of hydrogen-bond acceptors (Lipinski definition) is 4. The van der Waals surface area contributed by atoms with Crippen LogP contribution in [0.1, 0.15) is 11.4 Å². The van der Waals surface area contributed by atoms with Crippen LogP contribution in [0.2, 0.25) is 0 Å². The van der Waals surface area contributed by atoms with Gasteiger partial charge < -0.3 is 9.47 Å². The molecule has 0 aliphatic carbocycles. The van der Waals surface area contributed by atoms with Crippen LogP contribution in [0.4, 0.5) is 0 Å². The van der Waals surface area contributed by atoms with Gasteiger partial charge >= 0.3 is 0 Å². The molecule has 0 amide bonds. The summed E-state index contributed by atoms with van der Waals surface area (Å²) in [6.07, 6.45) is 0. The molecule has 3 aromatic rings. The van der Waals surface area contributed by atoms with Gasteiger partial charge in [-0.1, -0.05) is 0 Å². The van der Waals surface area contributed by atoms with Crippen molar-refractivity contribution in [2.45, 2.75) is 13.8 Å². The summed E-state index contributed by atoms with van der Waals surface area (Å²) >= 11 is 1.66.